The van der Waals surface area contributed by atoms with Gasteiger partial charge in [0.1, 0.15) is 0 Å². The minimum atomic E-state index is -0.426. The fourth-order valence-corrected chi connectivity index (χ4v) is 0.897. The van der Waals surface area contributed by atoms with Gasteiger partial charge in [-0.3, -0.25) is 15.5 Å². The van der Waals surface area contributed by atoms with Crippen LogP contribution in [0.4, 0.5) is 11.4 Å². The van der Waals surface area contributed by atoms with Crippen molar-refractivity contribution in [3.05, 3.63) is 34.4 Å². The zero-order valence-corrected chi connectivity index (χ0v) is 8.73. The summed E-state index contributed by atoms with van der Waals surface area (Å²) >= 11 is 0. The lowest BCUT2D eigenvalue weighted by molar-refractivity contribution is -0.384. The van der Waals surface area contributed by atoms with Crippen molar-refractivity contribution in [3.8, 4) is 0 Å². The molecule has 0 aromatic heterocycles. The predicted molar refractivity (Wildman–Crippen MR) is 60.1 cm³/mol. The van der Waals surface area contributed by atoms with Crippen LogP contribution in [0, 0.1) is 10.1 Å². The molecule has 1 aromatic carbocycles. The summed E-state index contributed by atoms with van der Waals surface area (Å²) in [6.07, 6.45) is 0.875. The van der Waals surface area contributed by atoms with Crippen molar-refractivity contribution < 1.29 is 4.92 Å². The highest BCUT2D eigenvalue weighted by Gasteiger charge is 2.02. The lowest BCUT2D eigenvalue weighted by atomic mass is 10.3. The van der Waals surface area contributed by atoms with Crippen LogP contribution in [0.2, 0.25) is 0 Å². The molecule has 0 saturated carbocycles. The van der Waals surface area contributed by atoms with E-state index in [2.05, 4.69) is 10.5 Å². The molecule has 0 aliphatic carbocycles. The molecule has 5 heteroatoms. The zero-order valence-electron chi connectivity index (χ0n) is 8.73. The van der Waals surface area contributed by atoms with Crippen LogP contribution >= 0.6 is 0 Å². The molecule has 0 spiro atoms. The number of hydrazone groups is 1. The Kier molecular flexibility index (Phi) is 3.79. The molecule has 0 fully saturated rings. The van der Waals surface area contributed by atoms with Crippen molar-refractivity contribution in [2.45, 2.75) is 20.3 Å². The molecular weight excluding hydrogens is 194 g/mol. The first-order valence-corrected chi connectivity index (χ1v) is 4.67. The fourth-order valence-electron chi connectivity index (χ4n) is 0.897. The second kappa shape index (κ2) is 5.09. The summed E-state index contributed by atoms with van der Waals surface area (Å²) in [7, 11) is 0. The Labute approximate surface area is 88.0 Å². The van der Waals surface area contributed by atoms with Crippen molar-refractivity contribution in [1.82, 2.24) is 0 Å². The summed E-state index contributed by atoms with van der Waals surface area (Å²) < 4.78 is 0. The average molecular weight is 207 g/mol. The Bertz CT molecular complexity index is 371. The van der Waals surface area contributed by atoms with E-state index in [-0.39, 0.29) is 5.69 Å². The number of non-ortho nitro benzene ring substituents is 1. The van der Waals surface area contributed by atoms with Crippen molar-refractivity contribution in [2.75, 3.05) is 5.43 Å². The Morgan fingerprint density at radius 2 is 2.07 bits per heavy atom. The van der Waals surface area contributed by atoms with Gasteiger partial charge >= 0.3 is 0 Å². The fraction of sp³-hybridized carbons (Fsp3) is 0.300. The zero-order chi connectivity index (χ0) is 11.3. The van der Waals surface area contributed by atoms with E-state index in [0.29, 0.717) is 0 Å². The maximum atomic E-state index is 10.4. The average Bonchev–Trinajstić information content (AvgIpc) is 2.26. The van der Waals surface area contributed by atoms with E-state index in [0.717, 1.165) is 17.8 Å². The Hall–Kier alpha value is -1.91. The molecule has 1 rings (SSSR count). The highest BCUT2D eigenvalue weighted by molar-refractivity contribution is 5.82. The SMILES string of the molecule is CC/C(C)=N\Nc1ccc([N+](=O)[O-])cc1. The number of hydrogen-bond donors (Lipinski definition) is 1. The van der Waals surface area contributed by atoms with E-state index in [1.807, 2.05) is 13.8 Å². The van der Waals surface area contributed by atoms with E-state index in [1.54, 1.807) is 12.1 Å². The molecule has 0 radical (unpaired) electrons. The van der Waals surface area contributed by atoms with Crippen LogP contribution in [0.5, 0.6) is 0 Å². The summed E-state index contributed by atoms with van der Waals surface area (Å²) in [5, 5.41) is 14.5. The molecule has 15 heavy (non-hydrogen) atoms. The van der Waals surface area contributed by atoms with Gasteiger partial charge in [0, 0.05) is 17.8 Å². The second-order valence-corrected chi connectivity index (χ2v) is 3.12. The third-order valence-corrected chi connectivity index (χ3v) is 1.97. The van der Waals surface area contributed by atoms with Gasteiger partial charge in [0.05, 0.1) is 10.6 Å². The van der Waals surface area contributed by atoms with Gasteiger partial charge < -0.3 is 0 Å². The summed E-state index contributed by atoms with van der Waals surface area (Å²) in [5.41, 5.74) is 4.63. The third kappa shape index (κ3) is 3.38. The molecule has 1 N–H and O–H groups in total. The quantitative estimate of drug-likeness (QED) is 0.469. The summed E-state index contributed by atoms with van der Waals surface area (Å²) in [6.45, 7) is 3.93. The van der Waals surface area contributed by atoms with E-state index in [1.165, 1.54) is 12.1 Å². The van der Waals surface area contributed by atoms with E-state index >= 15 is 0 Å². The monoisotopic (exact) mass is 207 g/mol. The summed E-state index contributed by atoms with van der Waals surface area (Å²) in [4.78, 5) is 9.96. The number of benzene rings is 1. The lowest BCUT2D eigenvalue weighted by Crippen LogP contribution is -1.95. The van der Waals surface area contributed by atoms with E-state index < -0.39 is 4.92 Å². The number of nitrogens with zero attached hydrogens (tertiary/aromatic N) is 2. The smallest absolute Gasteiger partial charge is 0.269 e. The van der Waals surface area contributed by atoms with Crippen molar-refractivity contribution in [2.24, 2.45) is 5.10 Å². The topological polar surface area (TPSA) is 67.5 Å². The van der Waals surface area contributed by atoms with Crippen LogP contribution in [0.3, 0.4) is 0 Å². The second-order valence-electron chi connectivity index (χ2n) is 3.12. The first kappa shape index (κ1) is 11.2. The third-order valence-electron chi connectivity index (χ3n) is 1.97. The Morgan fingerprint density at radius 3 is 2.53 bits per heavy atom. The maximum Gasteiger partial charge on any atom is 0.269 e. The molecule has 1 aromatic rings. The number of hydrogen-bond acceptors (Lipinski definition) is 4. The molecule has 80 valence electrons. The largest absolute Gasteiger partial charge is 0.279 e. The number of nitrogens with one attached hydrogen (secondary N) is 1. The first-order valence-electron chi connectivity index (χ1n) is 4.67. The Balaban J connectivity index is 2.69. The van der Waals surface area contributed by atoms with Gasteiger partial charge in [0.15, 0.2) is 0 Å². The molecule has 0 aliphatic rings. The number of nitro groups is 1. The van der Waals surface area contributed by atoms with Gasteiger partial charge in [0.2, 0.25) is 0 Å². The summed E-state index contributed by atoms with van der Waals surface area (Å²) in [6, 6.07) is 6.15. The van der Waals surface area contributed by atoms with E-state index in [9.17, 15) is 10.1 Å². The van der Waals surface area contributed by atoms with Gasteiger partial charge in [-0.1, -0.05) is 6.92 Å². The summed E-state index contributed by atoms with van der Waals surface area (Å²) in [5.74, 6) is 0. The number of nitro benzene ring substituents is 1. The van der Waals surface area contributed by atoms with Crippen molar-refractivity contribution in [3.63, 3.8) is 0 Å². The molecule has 5 nitrogen and oxygen atoms in total. The van der Waals surface area contributed by atoms with Gasteiger partial charge in [0.25, 0.3) is 5.69 Å². The van der Waals surface area contributed by atoms with E-state index in [4.69, 9.17) is 0 Å². The standard InChI is InChI=1S/C10H13N3O2/c1-3-8(2)11-12-9-4-6-10(7-5-9)13(14)15/h4-7,12H,3H2,1-2H3/b11-8-. The maximum absolute atomic E-state index is 10.4. The molecular formula is C10H13N3O2. The molecule has 0 heterocycles. The predicted octanol–water partition coefficient (Wildman–Crippen LogP) is 2.79. The first-order chi connectivity index (χ1) is 7.13. The van der Waals surface area contributed by atoms with Gasteiger partial charge in [-0.25, -0.2) is 0 Å². The minimum absolute atomic E-state index is 0.0803. The normalized spacial score (nSPS) is 11.2. The van der Waals surface area contributed by atoms with Crippen molar-refractivity contribution in [1.29, 1.82) is 0 Å². The molecule has 0 bridgehead atoms. The minimum Gasteiger partial charge on any atom is -0.279 e. The molecule has 0 amide bonds. The number of anilines is 1. The Morgan fingerprint density at radius 1 is 1.47 bits per heavy atom. The molecule has 0 atom stereocenters. The van der Waals surface area contributed by atoms with Crippen LogP contribution in [0.25, 0.3) is 0 Å². The highest BCUT2D eigenvalue weighted by atomic mass is 16.6. The molecule has 0 saturated heterocycles. The van der Waals surface area contributed by atoms with Crippen LogP contribution in [-0.2, 0) is 0 Å². The van der Waals surface area contributed by atoms with Crippen LogP contribution < -0.4 is 5.43 Å². The molecule has 0 unspecified atom stereocenters. The van der Waals surface area contributed by atoms with Crippen LogP contribution in [0.1, 0.15) is 20.3 Å². The lowest BCUT2D eigenvalue weighted by Gasteiger charge is -2.00. The molecule has 0 aliphatic heterocycles. The van der Waals surface area contributed by atoms with Crippen LogP contribution in [0.15, 0.2) is 29.4 Å². The highest BCUT2D eigenvalue weighted by Crippen LogP contribution is 2.15. The van der Waals surface area contributed by atoms with Gasteiger partial charge in [-0.2, -0.15) is 5.10 Å². The van der Waals surface area contributed by atoms with Crippen LogP contribution in [-0.4, -0.2) is 10.6 Å². The number of rotatable bonds is 4. The van der Waals surface area contributed by atoms with Gasteiger partial charge in [-0.15, -0.1) is 0 Å². The van der Waals surface area contributed by atoms with Crippen molar-refractivity contribution >= 4 is 17.1 Å². The van der Waals surface area contributed by atoms with Gasteiger partial charge in [-0.05, 0) is 25.5 Å².